The zero-order chi connectivity index (χ0) is 78.7. The number of urea groups is 1. The molecule has 0 spiro atoms. The van der Waals surface area contributed by atoms with E-state index in [1.807, 2.05) is 13.8 Å². The summed E-state index contributed by atoms with van der Waals surface area (Å²) in [6, 6.07) is -0.478. The second kappa shape index (κ2) is 33.7. The minimum Gasteiger partial charge on any atom is -0.369 e. The molecule has 21 atom stereocenters. The molecular formula is C55H78N17O26P5S6. The Bertz CT molecular complexity index is 5090. The number of rotatable bonds is 31. The van der Waals surface area contributed by atoms with Crippen LogP contribution in [0.5, 0.6) is 0 Å². The Hall–Kier alpha value is -4.53. The number of nitrogens with one attached hydrogen (secondary N) is 5. The van der Waals surface area contributed by atoms with Crippen molar-refractivity contribution in [3.63, 3.8) is 0 Å². The number of hydrogen-bond acceptors (Lipinski definition) is 34. The smallest absolute Gasteiger partial charge is 0.330 e. The minimum atomic E-state index is -4.63. The second-order valence-electron chi connectivity index (χ2n) is 26.5. The third kappa shape index (κ3) is 20.2. The molecule has 6 unspecified atom stereocenters. The van der Waals surface area contributed by atoms with E-state index in [1.54, 1.807) is 19.9 Å². The van der Waals surface area contributed by atoms with Gasteiger partial charge in [-0.3, -0.25) is 62.3 Å². The quantitative estimate of drug-likeness (QED) is 0.0217. The third-order valence-corrected chi connectivity index (χ3v) is 26.7. The van der Waals surface area contributed by atoms with Crippen molar-refractivity contribution in [2.75, 3.05) is 44.5 Å². The van der Waals surface area contributed by atoms with Crippen LogP contribution in [-0.4, -0.2) is 195 Å². The van der Waals surface area contributed by atoms with Gasteiger partial charge in [-0.05, 0) is 111 Å². The molecule has 12 rings (SSSR count). The van der Waals surface area contributed by atoms with Crippen molar-refractivity contribution >= 4 is 144 Å². The first kappa shape index (κ1) is 83.9. The number of thiol groups is 1. The average molecular weight is 1740 g/mol. The van der Waals surface area contributed by atoms with Gasteiger partial charge in [0.25, 0.3) is 22.2 Å². The topological polar surface area (TPSA) is 567 Å². The van der Waals surface area contributed by atoms with Gasteiger partial charge in [-0.25, -0.2) is 24.4 Å². The molecular weight excluding hydrogens is 1660 g/mol. The zero-order valence-electron chi connectivity index (χ0n) is 58.2. The lowest BCUT2D eigenvalue weighted by Crippen LogP contribution is -2.52. The van der Waals surface area contributed by atoms with Gasteiger partial charge in [-0.15, -0.1) is 0 Å². The number of aromatic amines is 4. The molecule has 5 fully saturated rings. The van der Waals surface area contributed by atoms with Crippen molar-refractivity contribution in [1.29, 1.82) is 0 Å². The Labute approximate surface area is 646 Å². The standard InChI is InChI=1S/C55H78N17O26P5S6/c1-23(2)27-9-38(68-8-7-37(56)61-53(68)77)89-32(27)16-84-99(80,104)95-28-10-39(69-14-25(5)47(73)66-54(69)78)90-33(28)17-85-101(82,106)97-30-12-41(71-21-59-43-45(71)62-51(57)64-49(43)75)92-35(30)19-87-100(81,105)96-29-11-40(70-15-26(6)48(74)67-55(70)79)91-34(29)18-86-102(83,107)98-31-13-42(93-36(31)20-88-103(108,109)94-24(3)4)72-22-60-44-46(72)63-52(58)65-50(44)76/h7-8,14-15,21-24,27-42H,9-13,16-20,56H2,1-6H3,(H,61,77)(H,80,104)(H,81,105)(H,82,106)(H,83,107)(H,108,109)(H,66,73,78)(H,67,74,79)(H3,57,62,64,75)(H3,58,63,65,76)/t27-,28+,29+,30+,31+,32+,33+,34+,35+,36+,37?,38+,39+,40+,41+,42+,99?,100?,101?,102?/m0/s1. The molecule has 6 aliphatic heterocycles. The summed E-state index contributed by atoms with van der Waals surface area (Å²) >= 11 is 32.4. The van der Waals surface area contributed by atoms with Gasteiger partial charge in [-0.1, -0.05) is 26.1 Å². The van der Waals surface area contributed by atoms with Crippen molar-refractivity contribution in [2.24, 2.45) is 17.6 Å². The molecule has 0 radical (unpaired) electrons. The average Bonchev–Trinajstić information content (AvgIpc) is 1.63. The molecule has 0 aliphatic carbocycles. The summed E-state index contributed by atoms with van der Waals surface area (Å²) in [4.78, 5) is 166. The van der Waals surface area contributed by atoms with Crippen LogP contribution in [0.25, 0.3) is 22.3 Å². The Morgan fingerprint density at radius 2 is 0.890 bits per heavy atom. The van der Waals surface area contributed by atoms with E-state index in [9.17, 15) is 53.1 Å². The van der Waals surface area contributed by atoms with Crippen molar-refractivity contribution in [2.45, 2.75) is 172 Å². The second-order valence-corrected chi connectivity index (χ2v) is 42.9. The summed E-state index contributed by atoms with van der Waals surface area (Å²) in [6.07, 6.45) is -10.1. The third-order valence-electron chi connectivity index (χ3n) is 18.0. The highest BCUT2D eigenvalue weighted by atomic mass is 32.9. The van der Waals surface area contributed by atoms with Gasteiger partial charge in [0.2, 0.25) is 17.6 Å². The predicted molar refractivity (Wildman–Crippen MR) is 405 cm³/mol. The van der Waals surface area contributed by atoms with E-state index in [-0.39, 0.29) is 102 Å². The summed E-state index contributed by atoms with van der Waals surface area (Å²) in [7, 11) is 0. The van der Waals surface area contributed by atoms with Crippen LogP contribution in [0.2, 0.25) is 0 Å². The number of anilines is 2. The van der Waals surface area contributed by atoms with E-state index in [1.165, 1.54) is 59.1 Å². The molecule has 6 aromatic rings. The van der Waals surface area contributed by atoms with E-state index in [4.69, 9.17) is 145 Å². The molecule has 6 aromatic heterocycles. The Kier molecular flexibility index (Phi) is 26.0. The van der Waals surface area contributed by atoms with Crippen LogP contribution in [-0.2, 0) is 128 Å². The maximum atomic E-state index is 13.4. The normalized spacial score (nSPS) is 30.1. The number of amides is 2. The van der Waals surface area contributed by atoms with E-state index in [0.717, 1.165) is 9.13 Å². The van der Waals surface area contributed by atoms with Gasteiger partial charge in [0.1, 0.15) is 55.6 Å². The molecule has 6 aliphatic rings. The lowest BCUT2D eigenvalue weighted by molar-refractivity contribution is -0.0568. The molecule has 600 valence electrons. The number of ether oxygens (including phenoxy) is 5. The highest BCUT2D eigenvalue weighted by Gasteiger charge is 2.49. The van der Waals surface area contributed by atoms with Crippen LogP contribution in [0.4, 0.5) is 16.7 Å². The zero-order valence-corrected chi connectivity index (χ0v) is 67.6. The molecule has 0 bridgehead atoms. The first-order valence-corrected chi connectivity index (χ1v) is 47.5. The van der Waals surface area contributed by atoms with E-state index in [0.29, 0.717) is 6.42 Å². The molecule has 2 amide bonds. The maximum Gasteiger partial charge on any atom is 0.330 e. The van der Waals surface area contributed by atoms with Crippen LogP contribution in [0.15, 0.2) is 66.1 Å². The number of carbonyl (C=O) groups is 1. The molecule has 54 heteroatoms. The summed E-state index contributed by atoms with van der Waals surface area (Å²) in [6.45, 7) is -10.5. The molecule has 12 heterocycles. The first-order chi connectivity index (χ1) is 51.2. The number of nitrogens with zero attached hydrogens (tertiary/aromatic N) is 9. The van der Waals surface area contributed by atoms with Crippen molar-refractivity contribution in [1.82, 2.24) is 68.4 Å². The Morgan fingerprint density at radius 1 is 0.532 bits per heavy atom. The molecule has 0 saturated carbocycles. The van der Waals surface area contributed by atoms with E-state index in [2.05, 4.69) is 57.4 Å². The van der Waals surface area contributed by atoms with Crippen LogP contribution in [0.3, 0.4) is 0 Å². The van der Waals surface area contributed by atoms with Gasteiger partial charge < -0.3 is 111 Å². The fourth-order valence-corrected chi connectivity index (χ4v) is 21.2. The summed E-state index contributed by atoms with van der Waals surface area (Å²) in [5.41, 5.74) is 10.1. The molecule has 0 aromatic carbocycles. The van der Waals surface area contributed by atoms with Crippen LogP contribution in [0, 0.1) is 25.7 Å². The number of nitrogen functional groups attached to an aromatic ring is 2. The van der Waals surface area contributed by atoms with Gasteiger partial charge in [0.05, 0.1) is 88.5 Å². The van der Waals surface area contributed by atoms with Crippen molar-refractivity contribution in [3.8, 4) is 0 Å². The fourth-order valence-electron chi connectivity index (χ4n) is 12.9. The van der Waals surface area contributed by atoms with Crippen LogP contribution < -0.4 is 56.1 Å². The number of H-pyrrole nitrogens is 4. The van der Waals surface area contributed by atoms with Crippen LogP contribution in [0.1, 0.15) is 95.8 Å². The summed E-state index contributed by atoms with van der Waals surface area (Å²) in [5.74, 6) is -0.692. The van der Waals surface area contributed by atoms with Gasteiger partial charge in [-0.2, -0.15) is 9.97 Å². The number of aromatic nitrogens is 12. The van der Waals surface area contributed by atoms with E-state index < -0.39 is 184 Å². The van der Waals surface area contributed by atoms with Gasteiger partial charge in [0, 0.05) is 55.4 Å². The largest absolute Gasteiger partial charge is 0.369 e. The molecule has 43 nitrogen and oxygen atoms in total. The Morgan fingerprint density at radius 3 is 1.26 bits per heavy atom. The van der Waals surface area contributed by atoms with Crippen LogP contribution >= 0.6 is 44.8 Å². The Balaban J connectivity index is 0.755. The first-order valence-electron chi connectivity index (χ1n) is 33.3. The lowest BCUT2D eigenvalue weighted by Gasteiger charge is -2.30. The fraction of sp³-hybridized carbons (Fsp3) is 0.618. The molecule has 109 heavy (non-hydrogen) atoms. The molecule has 15 N–H and O–H groups in total. The number of imidazole rings is 2. The van der Waals surface area contributed by atoms with Crippen molar-refractivity contribution < 1.29 is 93.3 Å². The highest BCUT2D eigenvalue weighted by molar-refractivity contribution is 8.60. The number of fused-ring (bicyclic) bond motifs is 2. The molecule has 5 saturated heterocycles. The highest BCUT2D eigenvalue weighted by Crippen LogP contribution is 2.58. The number of hydrogen-bond donors (Lipinski definition) is 13. The summed E-state index contributed by atoms with van der Waals surface area (Å²) in [5, 5.41) is 2.62. The van der Waals surface area contributed by atoms with Gasteiger partial charge >= 0.3 is 44.3 Å². The minimum absolute atomic E-state index is 0.00232. The predicted octanol–water partition coefficient (Wildman–Crippen LogP) is 1.57. The summed E-state index contributed by atoms with van der Waals surface area (Å²) < 4.78 is 96.7. The monoisotopic (exact) mass is 1740 g/mol. The maximum absolute atomic E-state index is 13.4. The SMILES string of the molecule is Cc1cn([C@H]2C[C@@H](OP(O)(=S)OC[C@H]3O[C@@H](N4C=CC(N)NC4=O)C[C@H]3C(C)C)[C@@H](COP(O)(=S)O[C@@H]3C[C@H](n4cnc5c(=O)[nH]c(N)nc54)O[C@@H]3COP(O)(=S)O[C@@H]3C[C@H](n4cc(C)c(=O)[nH]c4=O)O[C@@H]3COP(O)(=S)O[C@@H]3C[C@H](n4cnc5c(=O)[nH]c(N)nc54)O[C@@H]3COP(=S)(S)OC(C)C)O2)c(=O)[nH]c1=O. The van der Waals surface area contributed by atoms with E-state index >= 15 is 0 Å². The van der Waals surface area contributed by atoms with Gasteiger partial charge in [0.15, 0.2) is 22.3 Å². The number of carbonyl (C=O) groups excluding carboxylic acids is 1. The van der Waals surface area contributed by atoms with Crippen molar-refractivity contribution in [3.05, 3.63) is 111 Å². The number of nitrogens with two attached hydrogens (primary N) is 3. The number of aryl methyl sites for hydroxylation is 2. The lowest BCUT2D eigenvalue weighted by atomic mass is 9.89.